The standard InChI is InChI=1S/C17H12ClIN2O3/c1-24-15-8-10(7-14(19)16(15)22)6-11(9-20)17(23)21-13-4-2-12(18)3-5-13/h2-8,22H,1H3,(H,21,23)/b11-6-. The summed E-state index contributed by atoms with van der Waals surface area (Å²) in [5.74, 6) is -0.259. The van der Waals surface area contributed by atoms with Gasteiger partial charge in [-0.05, 0) is 70.6 Å². The molecular weight excluding hydrogens is 443 g/mol. The highest BCUT2D eigenvalue weighted by atomic mass is 127. The molecule has 0 unspecified atom stereocenters. The van der Waals surface area contributed by atoms with Crippen LogP contribution in [0, 0.1) is 14.9 Å². The van der Waals surface area contributed by atoms with Crippen molar-refractivity contribution in [3.05, 3.63) is 56.1 Å². The van der Waals surface area contributed by atoms with Crippen LogP contribution >= 0.6 is 34.2 Å². The van der Waals surface area contributed by atoms with E-state index in [2.05, 4.69) is 5.32 Å². The van der Waals surface area contributed by atoms with Crippen LogP contribution in [0.3, 0.4) is 0 Å². The zero-order chi connectivity index (χ0) is 17.7. The largest absolute Gasteiger partial charge is 0.504 e. The number of anilines is 1. The Hall–Kier alpha value is -2.24. The van der Waals surface area contributed by atoms with Crippen molar-refractivity contribution in [1.82, 2.24) is 0 Å². The Bertz CT molecular complexity index is 842. The Morgan fingerprint density at radius 1 is 1.38 bits per heavy atom. The van der Waals surface area contributed by atoms with E-state index in [0.717, 1.165) is 0 Å². The molecule has 0 saturated heterocycles. The predicted octanol–water partition coefficient (Wildman–Crippen LogP) is 4.20. The fourth-order valence-electron chi connectivity index (χ4n) is 1.88. The van der Waals surface area contributed by atoms with Gasteiger partial charge in [-0.3, -0.25) is 4.79 Å². The number of hydrogen-bond donors (Lipinski definition) is 2. The molecule has 0 fully saturated rings. The lowest BCUT2D eigenvalue weighted by Crippen LogP contribution is -2.13. The van der Waals surface area contributed by atoms with Crippen LogP contribution in [0.25, 0.3) is 6.08 Å². The molecule has 0 aromatic heterocycles. The van der Waals surface area contributed by atoms with Gasteiger partial charge >= 0.3 is 0 Å². The molecule has 0 saturated carbocycles. The SMILES string of the molecule is COc1cc(/C=C(/C#N)C(=O)Nc2ccc(Cl)cc2)cc(I)c1O. The molecular formula is C17H12ClIN2O3. The summed E-state index contributed by atoms with van der Waals surface area (Å²) in [6.45, 7) is 0. The first-order valence-corrected chi connectivity index (χ1v) is 8.15. The lowest BCUT2D eigenvalue weighted by atomic mass is 10.1. The summed E-state index contributed by atoms with van der Waals surface area (Å²) < 4.78 is 5.62. The number of aromatic hydroxyl groups is 1. The smallest absolute Gasteiger partial charge is 0.266 e. The maximum Gasteiger partial charge on any atom is 0.266 e. The maximum atomic E-state index is 12.2. The van der Waals surface area contributed by atoms with Gasteiger partial charge in [-0.1, -0.05) is 11.6 Å². The number of carbonyl (C=O) groups is 1. The quantitative estimate of drug-likeness (QED) is 0.412. The third kappa shape index (κ3) is 4.40. The molecule has 1 amide bonds. The fourth-order valence-corrected chi connectivity index (χ4v) is 2.63. The number of methoxy groups -OCH3 is 1. The molecule has 0 heterocycles. The zero-order valence-electron chi connectivity index (χ0n) is 12.5. The van der Waals surface area contributed by atoms with Crippen LogP contribution in [-0.2, 0) is 4.79 Å². The van der Waals surface area contributed by atoms with Gasteiger partial charge in [0.25, 0.3) is 5.91 Å². The average Bonchev–Trinajstić information content (AvgIpc) is 2.57. The molecule has 2 aromatic rings. The van der Waals surface area contributed by atoms with E-state index in [0.29, 0.717) is 19.8 Å². The second-order valence-corrected chi connectivity index (χ2v) is 6.28. The minimum atomic E-state index is -0.540. The van der Waals surface area contributed by atoms with E-state index in [-0.39, 0.29) is 17.1 Å². The first-order valence-electron chi connectivity index (χ1n) is 6.70. The highest BCUT2D eigenvalue weighted by molar-refractivity contribution is 14.1. The van der Waals surface area contributed by atoms with Crippen LogP contribution in [0.1, 0.15) is 5.56 Å². The number of amides is 1. The lowest BCUT2D eigenvalue weighted by Gasteiger charge is -2.07. The summed E-state index contributed by atoms with van der Waals surface area (Å²) in [5.41, 5.74) is 1.02. The van der Waals surface area contributed by atoms with Crippen molar-refractivity contribution < 1.29 is 14.6 Å². The number of nitriles is 1. The molecule has 24 heavy (non-hydrogen) atoms. The van der Waals surface area contributed by atoms with Crippen molar-refractivity contribution in [3.63, 3.8) is 0 Å². The summed E-state index contributed by atoms with van der Waals surface area (Å²) >= 11 is 7.73. The third-order valence-corrected chi connectivity index (χ3v) is 4.12. The highest BCUT2D eigenvalue weighted by Crippen LogP contribution is 2.33. The second kappa shape index (κ2) is 8.04. The molecule has 0 spiro atoms. The maximum absolute atomic E-state index is 12.2. The number of phenolic OH excluding ortho intramolecular Hbond substituents is 1. The van der Waals surface area contributed by atoms with E-state index in [9.17, 15) is 15.2 Å². The molecule has 5 nitrogen and oxygen atoms in total. The summed E-state index contributed by atoms with van der Waals surface area (Å²) in [6.07, 6.45) is 1.43. The van der Waals surface area contributed by atoms with E-state index in [1.54, 1.807) is 36.4 Å². The van der Waals surface area contributed by atoms with Gasteiger partial charge in [-0.25, -0.2) is 0 Å². The van der Waals surface area contributed by atoms with Gasteiger partial charge < -0.3 is 15.2 Å². The Labute approximate surface area is 157 Å². The highest BCUT2D eigenvalue weighted by Gasteiger charge is 2.12. The molecule has 0 aliphatic heterocycles. The molecule has 2 N–H and O–H groups in total. The number of carbonyl (C=O) groups excluding carboxylic acids is 1. The Kier molecular flexibility index (Phi) is 6.06. The molecule has 0 radical (unpaired) electrons. The minimum Gasteiger partial charge on any atom is -0.504 e. The summed E-state index contributed by atoms with van der Waals surface area (Å²) in [5, 5.41) is 22.3. The zero-order valence-corrected chi connectivity index (χ0v) is 15.4. The van der Waals surface area contributed by atoms with Gasteiger partial charge in [-0.15, -0.1) is 0 Å². The van der Waals surface area contributed by atoms with Crippen LogP contribution in [0.5, 0.6) is 11.5 Å². The summed E-state index contributed by atoms with van der Waals surface area (Å²) in [6, 6.07) is 11.6. The van der Waals surface area contributed by atoms with Crippen molar-refractivity contribution in [3.8, 4) is 17.6 Å². The number of hydrogen-bond acceptors (Lipinski definition) is 4. The number of nitrogens with one attached hydrogen (secondary N) is 1. The van der Waals surface area contributed by atoms with Crippen LogP contribution < -0.4 is 10.1 Å². The topological polar surface area (TPSA) is 82.3 Å². The van der Waals surface area contributed by atoms with Gasteiger partial charge in [0.15, 0.2) is 11.5 Å². The fraction of sp³-hybridized carbons (Fsp3) is 0.0588. The predicted molar refractivity (Wildman–Crippen MR) is 101 cm³/mol. The van der Waals surface area contributed by atoms with E-state index in [1.807, 2.05) is 28.7 Å². The number of ether oxygens (including phenoxy) is 1. The molecule has 122 valence electrons. The molecule has 2 rings (SSSR count). The number of halogens is 2. The Morgan fingerprint density at radius 2 is 2.04 bits per heavy atom. The van der Waals surface area contributed by atoms with Crippen LogP contribution in [0.4, 0.5) is 5.69 Å². The number of phenols is 1. The van der Waals surface area contributed by atoms with Crippen LogP contribution in [0.15, 0.2) is 42.0 Å². The van der Waals surface area contributed by atoms with E-state index < -0.39 is 5.91 Å². The normalized spacial score (nSPS) is 10.8. The van der Waals surface area contributed by atoms with Crippen LogP contribution in [-0.4, -0.2) is 18.1 Å². The molecule has 0 atom stereocenters. The van der Waals surface area contributed by atoms with Crippen molar-refractivity contribution >= 4 is 51.9 Å². The van der Waals surface area contributed by atoms with Crippen molar-refractivity contribution in [2.45, 2.75) is 0 Å². The number of nitrogens with zero attached hydrogens (tertiary/aromatic N) is 1. The molecule has 2 aromatic carbocycles. The van der Waals surface area contributed by atoms with Crippen molar-refractivity contribution in [2.75, 3.05) is 12.4 Å². The minimum absolute atomic E-state index is 0.0133. The summed E-state index contributed by atoms with van der Waals surface area (Å²) in [4.78, 5) is 12.2. The summed E-state index contributed by atoms with van der Waals surface area (Å²) in [7, 11) is 1.43. The average molecular weight is 455 g/mol. The second-order valence-electron chi connectivity index (χ2n) is 4.68. The van der Waals surface area contributed by atoms with Crippen molar-refractivity contribution in [2.24, 2.45) is 0 Å². The molecule has 0 aliphatic rings. The molecule has 0 bridgehead atoms. The van der Waals surface area contributed by atoms with E-state index >= 15 is 0 Å². The lowest BCUT2D eigenvalue weighted by molar-refractivity contribution is -0.112. The van der Waals surface area contributed by atoms with Crippen LogP contribution in [0.2, 0.25) is 5.02 Å². The van der Waals surface area contributed by atoms with Gasteiger partial charge in [0.05, 0.1) is 10.7 Å². The molecule has 7 heteroatoms. The van der Waals surface area contributed by atoms with Gasteiger partial charge in [-0.2, -0.15) is 5.26 Å². The third-order valence-electron chi connectivity index (χ3n) is 3.05. The monoisotopic (exact) mass is 454 g/mol. The first kappa shape index (κ1) is 18.1. The Balaban J connectivity index is 2.29. The van der Waals surface area contributed by atoms with Gasteiger partial charge in [0.1, 0.15) is 11.6 Å². The Morgan fingerprint density at radius 3 is 2.62 bits per heavy atom. The first-order chi connectivity index (χ1) is 11.4. The van der Waals surface area contributed by atoms with Gasteiger partial charge in [0.2, 0.25) is 0 Å². The number of benzene rings is 2. The van der Waals surface area contributed by atoms with E-state index in [4.69, 9.17) is 16.3 Å². The van der Waals surface area contributed by atoms with Gasteiger partial charge in [0, 0.05) is 10.7 Å². The van der Waals surface area contributed by atoms with Crippen molar-refractivity contribution in [1.29, 1.82) is 5.26 Å². The van der Waals surface area contributed by atoms with E-state index in [1.165, 1.54) is 13.2 Å². The molecule has 0 aliphatic carbocycles. The number of rotatable bonds is 4.